The van der Waals surface area contributed by atoms with Gasteiger partial charge in [0, 0.05) is 12.5 Å². The van der Waals surface area contributed by atoms with Crippen LogP contribution in [0.3, 0.4) is 0 Å². The van der Waals surface area contributed by atoms with Gasteiger partial charge in [-0.15, -0.1) is 12.4 Å². The number of rotatable bonds is 6. The number of benzene rings is 1. The number of ether oxygens (including phenoxy) is 1. The summed E-state index contributed by atoms with van der Waals surface area (Å²) < 4.78 is 19.5. The lowest BCUT2D eigenvalue weighted by molar-refractivity contribution is -0.117. The molecule has 1 aliphatic rings. The molecule has 0 spiro atoms. The predicted octanol–water partition coefficient (Wildman–Crippen LogP) is 4.00. The van der Waals surface area contributed by atoms with E-state index < -0.39 is 5.82 Å². The minimum absolute atomic E-state index is 0. The van der Waals surface area contributed by atoms with Crippen molar-refractivity contribution >= 4 is 24.0 Å². The van der Waals surface area contributed by atoms with Crippen LogP contribution in [0.4, 0.5) is 10.1 Å². The molecule has 0 radical (unpaired) electrons. The maximum absolute atomic E-state index is 14.0. The van der Waals surface area contributed by atoms with Gasteiger partial charge in [-0.1, -0.05) is 6.92 Å². The SMILES string of the molecule is CC(C)Oc1ccc(NC(=O)CC(C)C2CCNCC2)c(F)c1.Cl. The largest absolute Gasteiger partial charge is 0.491 e. The molecule has 0 bridgehead atoms. The second-order valence-corrected chi connectivity index (χ2v) is 6.63. The minimum atomic E-state index is -0.467. The molecule has 1 aromatic carbocycles. The smallest absolute Gasteiger partial charge is 0.224 e. The standard InChI is InChI=1S/C18H27FN2O2.ClH/c1-12(2)23-15-4-5-17(16(19)11-15)21-18(22)10-13(3)14-6-8-20-9-7-14;/h4-5,11-14,20H,6-10H2,1-3H3,(H,21,22);1H. The van der Waals surface area contributed by atoms with Gasteiger partial charge in [0.1, 0.15) is 11.6 Å². The predicted molar refractivity (Wildman–Crippen MR) is 97.4 cm³/mol. The lowest BCUT2D eigenvalue weighted by Gasteiger charge is -2.27. The van der Waals surface area contributed by atoms with E-state index in [-0.39, 0.29) is 30.1 Å². The van der Waals surface area contributed by atoms with E-state index >= 15 is 0 Å². The first-order valence-corrected chi connectivity index (χ1v) is 8.42. The zero-order valence-electron chi connectivity index (χ0n) is 14.6. The first-order valence-electron chi connectivity index (χ1n) is 8.42. The number of halogens is 2. The summed E-state index contributed by atoms with van der Waals surface area (Å²) in [6.07, 6.45) is 2.61. The molecule has 0 saturated carbocycles. The van der Waals surface area contributed by atoms with E-state index in [2.05, 4.69) is 17.6 Å². The van der Waals surface area contributed by atoms with Gasteiger partial charge in [-0.3, -0.25) is 4.79 Å². The van der Waals surface area contributed by atoms with Gasteiger partial charge in [-0.05, 0) is 63.7 Å². The Morgan fingerprint density at radius 3 is 2.58 bits per heavy atom. The molecule has 1 heterocycles. The van der Waals surface area contributed by atoms with Crippen LogP contribution < -0.4 is 15.4 Å². The number of carbonyl (C=O) groups is 1. The summed E-state index contributed by atoms with van der Waals surface area (Å²) in [5.41, 5.74) is 0.212. The molecule has 2 rings (SSSR count). The van der Waals surface area contributed by atoms with Gasteiger partial charge < -0.3 is 15.4 Å². The van der Waals surface area contributed by atoms with Crippen LogP contribution in [0.25, 0.3) is 0 Å². The molecule has 1 aliphatic heterocycles. The van der Waals surface area contributed by atoms with E-state index in [1.54, 1.807) is 12.1 Å². The summed E-state index contributed by atoms with van der Waals surface area (Å²) in [7, 11) is 0. The van der Waals surface area contributed by atoms with E-state index in [0.717, 1.165) is 25.9 Å². The highest BCUT2D eigenvalue weighted by Crippen LogP contribution is 2.26. The molecule has 2 N–H and O–H groups in total. The zero-order chi connectivity index (χ0) is 16.8. The Labute approximate surface area is 149 Å². The molecule has 136 valence electrons. The van der Waals surface area contributed by atoms with Crippen molar-refractivity contribution in [1.82, 2.24) is 5.32 Å². The summed E-state index contributed by atoms with van der Waals surface area (Å²) in [5, 5.41) is 6.00. The molecule has 1 saturated heterocycles. The minimum Gasteiger partial charge on any atom is -0.491 e. The zero-order valence-corrected chi connectivity index (χ0v) is 15.4. The summed E-state index contributed by atoms with van der Waals surface area (Å²) in [6.45, 7) is 7.90. The first kappa shape index (κ1) is 20.7. The maximum Gasteiger partial charge on any atom is 0.224 e. The second-order valence-electron chi connectivity index (χ2n) is 6.63. The van der Waals surface area contributed by atoms with Crippen LogP contribution in [0.5, 0.6) is 5.75 Å². The number of nitrogens with one attached hydrogen (secondary N) is 2. The van der Waals surface area contributed by atoms with E-state index in [4.69, 9.17) is 4.74 Å². The van der Waals surface area contributed by atoms with Crippen LogP contribution in [0.2, 0.25) is 0 Å². The lowest BCUT2D eigenvalue weighted by Crippen LogP contribution is -2.32. The van der Waals surface area contributed by atoms with Gasteiger partial charge in [0.15, 0.2) is 0 Å². The average Bonchev–Trinajstić information content (AvgIpc) is 2.50. The molecule has 1 aromatic rings. The van der Waals surface area contributed by atoms with Gasteiger partial charge in [0.25, 0.3) is 0 Å². The molecule has 1 atom stereocenters. The van der Waals surface area contributed by atoms with Crippen molar-refractivity contribution < 1.29 is 13.9 Å². The Kier molecular flexibility index (Phi) is 8.50. The molecule has 1 amide bonds. The summed E-state index contributed by atoms with van der Waals surface area (Å²) in [5.74, 6) is 0.745. The third-order valence-corrected chi connectivity index (χ3v) is 4.28. The number of hydrogen-bond acceptors (Lipinski definition) is 3. The van der Waals surface area contributed by atoms with Gasteiger partial charge >= 0.3 is 0 Å². The Morgan fingerprint density at radius 1 is 1.33 bits per heavy atom. The van der Waals surface area contributed by atoms with Crippen LogP contribution in [0.15, 0.2) is 18.2 Å². The fourth-order valence-corrected chi connectivity index (χ4v) is 3.02. The van der Waals surface area contributed by atoms with Gasteiger partial charge in [0.2, 0.25) is 5.91 Å². The van der Waals surface area contributed by atoms with Crippen LogP contribution in [0.1, 0.15) is 40.0 Å². The molecule has 1 unspecified atom stereocenters. The number of anilines is 1. The van der Waals surface area contributed by atoms with Crippen molar-refractivity contribution in [3.8, 4) is 5.75 Å². The topological polar surface area (TPSA) is 50.4 Å². The highest BCUT2D eigenvalue weighted by molar-refractivity contribution is 5.91. The molecule has 24 heavy (non-hydrogen) atoms. The quantitative estimate of drug-likeness (QED) is 0.808. The van der Waals surface area contributed by atoms with Gasteiger partial charge in [-0.25, -0.2) is 4.39 Å². The number of amides is 1. The average molecular weight is 359 g/mol. The Morgan fingerprint density at radius 2 is 2.00 bits per heavy atom. The van der Waals surface area contributed by atoms with Crippen molar-refractivity contribution in [3.05, 3.63) is 24.0 Å². The number of piperidine rings is 1. The fourth-order valence-electron chi connectivity index (χ4n) is 3.02. The summed E-state index contributed by atoms with van der Waals surface area (Å²) >= 11 is 0. The molecular formula is C18H28ClFN2O2. The maximum atomic E-state index is 14.0. The lowest BCUT2D eigenvalue weighted by atomic mass is 9.84. The Balaban J connectivity index is 0.00000288. The van der Waals surface area contributed by atoms with Crippen LogP contribution in [-0.4, -0.2) is 25.1 Å². The monoisotopic (exact) mass is 358 g/mol. The Hall–Kier alpha value is -1.33. The molecular weight excluding hydrogens is 331 g/mol. The molecule has 0 aromatic heterocycles. The van der Waals surface area contributed by atoms with Gasteiger partial charge in [-0.2, -0.15) is 0 Å². The van der Waals surface area contributed by atoms with Crippen molar-refractivity contribution in [3.63, 3.8) is 0 Å². The Bertz CT molecular complexity index is 534. The van der Waals surface area contributed by atoms with E-state index in [1.807, 2.05) is 13.8 Å². The molecule has 1 fully saturated rings. The van der Waals surface area contributed by atoms with Crippen molar-refractivity contribution in [2.24, 2.45) is 11.8 Å². The van der Waals surface area contributed by atoms with Crippen molar-refractivity contribution in [2.75, 3.05) is 18.4 Å². The van der Waals surface area contributed by atoms with Crippen molar-refractivity contribution in [2.45, 2.75) is 46.1 Å². The third-order valence-electron chi connectivity index (χ3n) is 4.28. The number of hydrogen-bond donors (Lipinski definition) is 2. The number of carbonyl (C=O) groups excluding carboxylic acids is 1. The second kappa shape index (κ2) is 9.84. The van der Waals surface area contributed by atoms with Crippen molar-refractivity contribution in [1.29, 1.82) is 0 Å². The van der Waals surface area contributed by atoms with Crippen LogP contribution >= 0.6 is 12.4 Å². The summed E-state index contributed by atoms with van der Waals surface area (Å²) in [6, 6.07) is 4.54. The van der Waals surface area contributed by atoms with Crippen LogP contribution in [-0.2, 0) is 4.79 Å². The molecule has 4 nitrogen and oxygen atoms in total. The molecule has 6 heteroatoms. The molecule has 0 aliphatic carbocycles. The highest BCUT2D eigenvalue weighted by Gasteiger charge is 2.22. The van der Waals surface area contributed by atoms with Crippen LogP contribution in [0, 0.1) is 17.7 Å². The van der Waals surface area contributed by atoms with E-state index in [9.17, 15) is 9.18 Å². The first-order chi connectivity index (χ1) is 11.0. The van der Waals surface area contributed by atoms with E-state index in [0.29, 0.717) is 24.0 Å². The summed E-state index contributed by atoms with van der Waals surface area (Å²) in [4.78, 5) is 12.2. The van der Waals surface area contributed by atoms with Gasteiger partial charge in [0.05, 0.1) is 11.8 Å². The normalized spacial score (nSPS) is 16.4. The fraction of sp³-hybridized carbons (Fsp3) is 0.611. The highest BCUT2D eigenvalue weighted by atomic mass is 35.5. The van der Waals surface area contributed by atoms with E-state index in [1.165, 1.54) is 6.07 Å². The third kappa shape index (κ3) is 6.29.